The molecule has 1 atom stereocenters. The molecule has 0 aliphatic carbocycles. The minimum absolute atomic E-state index is 0.256. The first kappa shape index (κ1) is 17.2. The SMILES string of the molecule is CCCS(=O)(=O)N1CCC(NC(C)c2ccc(Cl)s2)CC1. The predicted molar refractivity (Wildman–Crippen MR) is 89.6 cm³/mol. The fraction of sp³-hybridized carbons (Fsp3) is 0.714. The molecular weight excluding hydrogens is 328 g/mol. The maximum absolute atomic E-state index is 12.0. The largest absolute Gasteiger partial charge is 0.307 e. The van der Waals surface area contributed by atoms with Crippen molar-refractivity contribution >= 4 is 33.0 Å². The average Bonchev–Trinajstić information content (AvgIpc) is 2.86. The molecule has 0 amide bonds. The van der Waals surface area contributed by atoms with E-state index in [1.807, 2.05) is 19.1 Å². The highest BCUT2D eigenvalue weighted by atomic mass is 35.5. The summed E-state index contributed by atoms with van der Waals surface area (Å²) in [5, 5.41) is 3.58. The van der Waals surface area contributed by atoms with Gasteiger partial charge in [-0.25, -0.2) is 12.7 Å². The molecule has 0 bridgehead atoms. The minimum Gasteiger partial charge on any atom is -0.307 e. The van der Waals surface area contributed by atoms with Gasteiger partial charge in [0.15, 0.2) is 0 Å². The molecule has 1 saturated heterocycles. The Morgan fingerprint density at radius 3 is 2.62 bits per heavy atom. The molecule has 1 aliphatic heterocycles. The van der Waals surface area contributed by atoms with E-state index in [1.165, 1.54) is 4.88 Å². The van der Waals surface area contributed by atoms with Gasteiger partial charge in [-0.1, -0.05) is 18.5 Å². The molecule has 1 aromatic rings. The van der Waals surface area contributed by atoms with Crippen molar-refractivity contribution in [2.75, 3.05) is 18.8 Å². The highest BCUT2D eigenvalue weighted by Gasteiger charge is 2.27. The zero-order valence-electron chi connectivity index (χ0n) is 12.5. The summed E-state index contributed by atoms with van der Waals surface area (Å²) in [6, 6.07) is 4.59. The van der Waals surface area contributed by atoms with Crippen molar-refractivity contribution in [3.63, 3.8) is 0 Å². The number of hydrogen-bond acceptors (Lipinski definition) is 4. The predicted octanol–water partition coefficient (Wildman–Crippen LogP) is 3.26. The van der Waals surface area contributed by atoms with E-state index in [0.29, 0.717) is 25.6 Å². The van der Waals surface area contributed by atoms with Crippen LogP contribution < -0.4 is 5.32 Å². The van der Waals surface area contributed by atoms with Crippen LogP contribution in [0.2, 0.25) is 4.34 Å². The monoisotopic (exact) mass is 350 g/mol. The van der Waals surface area contributed by atoms with E-state index in [4.69, 9.17) is 11.6 Å². The Kier molecular flexibility index (Phi) is 6.08. The lowest BCUT2D eigenvalue weighted by molar-refractivity contribution is 0.278. The van der Waals surface area contributed by atoms with Crippen molar-refractivity contribution in [2.24, 2.45) is 0 Å². The molecule has 2 heterocycles. The standard InChI is InChI=1S/C14H23ClN2O2S2/c1-3-10-21(18,19)17-8-6-12(7-9-17)16-11(2)13-4-5-14(15)20-13/h4-5,11-12,16H,3,6-10H2,1-2H3. The number of thiophene rings is 1. The number of hydrogen-bond donors (Lipinski definition) is 1. The minimum atomic E-state index is -3.04. The van der Waals surface area contributed by atoms with Crippen LogP contribution in [-0.4, -0.2) is 37.6 Å². The normalized spacial score (nSPS) is 19.8. The van der Waals surface area contributed by atoms with Gasteiger partial charge in [-0.2, -0.15) is 0 Å². The Bertz CT molecular complexity index is 551. The molecular formula is C14H23ClN2O2S2. The molecule has 1 aliphatic rings. The Balaban J connectivity index is 1.84. The van der Waals surface area contributed by atoms with Gasteiger partial charge in [0.05, 0.1) is 10.1 Å². The molecule has 1 unspecified atom stereocenters. The Hall–Kier alpha value is -0.140. The van der Waals surface area contributed by atoms with E-state index in [2.05, 4.69) is 12.2 Å². The van der Waals surface area contributed by atoms with Crippen molar-refractivity contribution in [1.82, 2.24) is 9.62 Å². The van der Waals surface area contributed by atoms with E-state index in [0.717, 1.165) is 17.2 Å². The third kappa shape index (κ3) is 4.66. The third-order valence-corrected chi connectivity index (χ3v) is 7.31. The van der Waals surface area contributed by atoms with Gasteiger partial charge in [0.25, 0.3) is 0 Å². The van der Waals surface area contributed by atoms with Crippen LogP contribution in [-0.2, 0) is 10.0 Å². The Labute approximate surface area is 136 Å². The van der Waals surface area contributed by atoms with Gasteiger partial charge in [-0.05, 0) is 38.3 Å². The summed E-state index contributed by atoms with van der Waals surface area (Å²) >= 11 is 7.56. The van der Waals surface area contributed by atoms with E-state index in [9.17, 15) is 8.42 Å². The van der Waals surface area contributed by atoms with Crippen molar-refractivity contribution in [1.29, 1.82) is 0 Å². The second-order valence-electron chi connectivity index (χ2n) is 5.52. The fourth-order valence-electron chi connectivity index (χ4n) is 2.68. The molecule has 21 heavy (non-hydrogen) atoms. The van der Waals surface area contributed by atoms with Crippen LogP contribution in [0.25, 0.3) is 0 Å². The molecule has 1 N–H and O–H groups in total. The highest BCUT2D eigenvalue weighted by Crippen LogP contribution is 2.28. The maximum atomic E-state index is 12.0. The van der Waals surface area contributed by atoms with Crippen molar-refractivity contribution < 1.29 is 8.42 Å². The van der Waals surface area contributed by atoms with Gasteiger partial charge in [0.1, 0.15) is 0 Å². The van der Waals surface area contributed by atoms with Crippen LogP contribution in [0.1, 0.15) is 44.0 Å². The van der Waals surface area contributed by atoms with E-state index in [1.54, 1.807) is 15.6 Å². The molecule has 120 valence electrons. The average molecular weight is 351 g/mol. The molecule has 1 aromatic heterocycles. The topological polar surface area (TPSA) is 49.4 Å². The van der Waals surface area contributed by atoms with Crippen molar-refractivity contribution in [3.05, 3.63) is 21.3 Å². The first-order valence-corrected chi connectivity index (χ1v) is 10.2. The summed E-state index contributed by atoms with van der Waals surface area (Å²) in [7, 11) is -3.04. The number of nitrogens with zero attached hydrogens (tertiary/aromatic N) is 1. The van der Waals surface area contributed by atoms with Gasteiger partial charge in [-0.15, -0.1) is 11.3 Å². The maximum Gasteiger partial charge on any atom is 0.214 e. The second-order valence-corrected chi connectivity index (χ2v) is 9.35. The molecule has 2 rings (SSSR count). The van der Waals surface area contributed by atoms with E-state index in [-0.39, 0.29) is 11.8 Å². The number of nitrogens with one attached hydrogen (secondary N) is 1. The summed E-state index contributed by atoms with van der Waals surface area (Å²) in [5.41, 5.74) is 0. The smallest absolute Gasteiger partial charge is 0.214 e. The fourth-order valence-corrected chi connectivity index (χ4v) is 5.30. The van der Waals surface area contributed by atoms with Crippen molar-refractivity contribution in [3.8, 4) is 0 Å². The molecule has 4 nitrogen and oxygen atoms in total. The quantitative estimate of drug-likeness (QED) is 0.856. The second kappa shape index (κ2) is 7.42. The molecule has 0 aromatic carbocycles. The van der Waals surface area contributed by atoms with Crippen molar-refractivity contribution in [2.45, 2.75) is 45.2 Å². The number of rotatable bonds is 6. The molecule has 1 fully saturated rings. The van der Waals surface area contributed by atoms with Crippen LogP contribution in [0, 0.1) is 0 Å². The van der Waals surface area contributed by atoms with Crippen LogP contribution >= 0.6 is 22.9 Å². The first-order valence-electron chi connectivity index (χ1n) is 7.41. The lowest BCUT2D eigenvalue weighted by Crippen LogP contribution is -2.45. The Morgan fingerprint density at radius 2 is 2.10 bits per heavy atom. The Morgan fingerprint density at radius 1 is 1.43 bits per heavy atom. The third-order valence-electron chi connectivity index (χ3n) is 3.82. The van der Waals surface area contributed by atoms with Crippen LogP contribution in [0.3, 0.4) is 0 Å². The number of halogens is 1. The van der Waals surface area contributed by atoms with Crippen LogP contribution in [0.15, 0.2) is 12.1 Å². The van der Waals surface area contributed by atoms with Gasteiger partial charge in [0.2, 0.25) is 10.0 Å². The summed E-state index contributed by atoms with van der Waals surface area (Å²) < 4.78 is 26.5. The van der Waals surface area contributed by atoms with Crippen LogP contribution in [0.5, 0.6) is 0 Å². The molecule has 0 spiro atoms. The summed E-state index contributed by atoms with van der Waals surface area (Å²) in [5.74, 6) is 0.259. The lowest BCUT2D eigenvalue weighted by Gasteiger charge is -2.33. The molecule has 7 heteroatoms. The zero-order valence-corrected chi connectivity index (χ0v) is 14.9. The molecule has 0 radical (unpaired) electrons. The van der Waals surface area contributed by atoms with E-state index < -0.39 is 10.0 Å². The summed E-state index contributed by atoms with van der Waals surface area (Å²) in [4.78, 5) is 1.22. The van der Waals surface area contributed by atoms with E-state index >= 15 is 0 Å². The first-order chi connectivity index (χ1) is 9.92. The highest BCUT2D eigenvalue weighted by molar-refractivity contribution is 7.89. The van der Waals surface area contributed by atoms with Gasteiger partial charge in [-0.3, -0.25) is 0 Å². The summed E-state index contributed by atoms with van der Waals surface area (Å²) in [6.07, 6.45) is 2.41. The number of piperidine rings is 1. The lowest BCUT2D eigenvalue weighted by atomic mass is 10.1. The molecule has 0 saturated carbocycles. The van der Waals surface area contributed by atoms with Gasteiger partial charge < -0.3 is 5.32 Å². The zero-order chi connectivity index (χ0) is 15.5. The summed E-state index contributed by atoms with van der Waals surface area (Å²) in [6.45, 7) is 5.28. The van der Waals surface area contributed by atoms with Crippen LogP contribution in [0.4, 0.5) is 0 Å². The van der Waals surface area contributed by atoms with Gasteiger partial charge >= 0.3 is 0 Å². The van der Waals surface area contributed by atoms with Gasteiger partial charge in [0, 0.05) is 30.1 Å². The number of sulfonamides is 1.